The average Bonchev–Trinajstić information content (AvgIpc) is 2.71. The predicted octanol–water partition coefficient (Wildman–Crippen LogP) is 5.40. The van der Waals surface area contributed by atoms with Gasteiger partial charge >= 0.3 is 0 Å². The molecule has 3 atom stereocenters. The first-order valence-corrected chi connectivity index (χ1v) is 10.5. The van der Waals surface area contributed by atoms with E-state index in [1.54, 1.807) is 12.1 Å². The molecule has 0 bridgehead atoms. The van der Waals surface area contributed by atoms with Gasteiger partial charge in [0.2, 0.25) is 0 Å². The van der Waals surface area contributed by atoms with Gasteiger partial charge in [0.25, 0.3) is 0 Å². The van der Waals surface area contributed by atoms with Crippen LogP contribution < -0.4 is 0 Å². The number of aliphatic hydroxyl groups is 1. The summed E-state index contributed by atoms with van der Waals surface area (Å²) in [5, 5.41) is 29.9. The molecule has 4 nitrogen and oxygen atoms in total. The average molecular weight is 409 g/mol. The third-order valence-corrected chi connectivity index (χ3v) is 5.91. The molecular formula is C26H32O4. The van der Waals surface area contributed by atoms with Crippen molar-refractivity contribution in [1.82, 2.24) is 0 Å². The van der Waals surface area contributed by atoms with E-state index in [0.717, 1.165) is 24.0 Å². The van der Waals surface area contributed by atoms with E-state index in [1.165, 1.54) is 17.2 Å². The molecule has 0 heterocycles. The molecule has 3 N–H and O–H groups in total. The Labute approximate surface area is 179 Å². The van der Waals surface area contributed by atoms with Crippen LogP contribution in [-0.4, -0.2) is 21.1 Å². The molecule has 0 saturated heterocycles. The zero-order chi connectivity index (χ0) is 21.7. The van der Waals surface area contributed by atoms with Gasteiger partial charge in [-0.25, -0.2) is 0 Å². The van der Waals surface area contributed by atoms with E-state index in [4.69, 9.17) is 4.74 Å². The van der Waals surface area contributed by atoms with Crippen molar-refractivity contribution < 1.29 is 20.1 Å². The number of aryl methyl sites for hydroxylation is 1. The lowest BCUT2D eigenvalue weighted by Gasteiger charge is -2.28. The van der Waals surface area contributed by atoms with Crippen molar-refractivity contribution in [2.45, 2.75) is 52.4 Å². The normalized spacial score (nSPS) is 20.6. The molecule has 160 valence electrons. The molecule has 1 aliphatic carbocycles. The molecule has 2 aromatic rings. The summed E-state index contributed by atoms with van der Waals surface area (Å²) in [6, 6.07) is 13.1. The van der Waals surface area contributed by atoms with Gasteiger partial charge < -0.3 is 20.1 Å². The van der Waals surface area contributed by atoms with Gasteiger partial charge in [0.1, 0.15) is 0 Å². The Morgan fingerprint density at radius 1 is 0.967 bits per heavy atom. The fraction of sp³-hybridized carbons (Fsp3) is 0.385. The Morgan fingerprint density at radius 3 is 2.40 bits per heavy atom. The van der Waals surface area contributed by atoms with Crippen LogP contribution in [0.4, 0.5) is 0 Å². The third-order valence-electron chi connectivity index (χ3n) is 5.91. The van der Waals surface area contributed by atoms with E-state index in [1.807, 2.05) is 37.3 Å². The van der Waals surface area contributed by atoms with Crippen LogP contribution in [0.2, 0.25) is 0 Å². The number of benzene rings is 2. The highest BCUT2D eigenvalue weighted by Gasteiger charge is 2.26. The van der Waals surface area contributed by atoms with Gasteiger partial charge in [-0.1, -0.05) is 67.5 Å². The maximum Gasteiger partial charge on any atom is 0.189 e. The van der Waals surface area contributed by atoms with Gasteiger partial charge in [0, 0.05) is 6.42 Å². The first kappa shape index (κ1) is 22.1. The molecule has 0 aliphatic heterocycles. The van der Waals surface area contributed by atoms with Crippen molar-refractivity contribution in [2.75, 3.05) is 0 Å². The van der Waals surface area contributed by atoms with E-state index in [-0.39, 0.29) is 11.5 Å². The molecule has 0 saturated carbocycles. The Balaban J connectivity index is 1.50. The number of phenolic OH excluding ortho intramolecular Hbond substituents is 2. The summed E-state index contributed by atoms with van der Waals surface area (Å²) in [6.07, 6.45) is 7.97. The molecular weight excluding hydrogens is 376 g/mol. The van der Waals surface area contributed by atoms with Crippen molar-refractivity contribution >= 4 is 0 Å². The van der Waals surface area contributed by atoms with Gasteiger partial charge in [-0.15, -0.1) is 0 Å². The molecule has 0 radical (unpaired) electrons. The lowest BCUT2D eigenvalue weighted by Crippen LogP contribution is -2.30. The maximum atomic E-state index is 10.7. The van der Waals surface area contributed by atoms with Gasteiger partial charge in [-0.2, -0.15) is 0 Å². The Bertz CT molecular complexity index is 930. The molecule has 0 amide bonds. The fourth-order valence-corrected chi connectivity index (χ4v) is 3.76. The largest absolute Gasteiger partial charge is 0.504 e. The lowest BCUT2D eigenvalue weighted by molar-refractivity contribution is -0.172. The van der Waals surface area contributed by atoms with Crippen molar-refractivity contribution in [3.05, 3.63) is 83.0 Å². The summed E-state index contributed by atoms with van der Waals surface area (Å²) in [4.78, 5) is 0. The van der Waals surface area contributed by atoms with Crippen LogP contribution in [0.25, 0.3) is 0 Å². The second-order valence-electron chi connectivity index (χ2n) is 8.62. The minimum atomic E-state index is -1.26. The van der Waals surface area contributed by atoms with Gasteiger partial charge in [-0.05, 0) is 60.9 Å². The van der Waals surface area contributed by atoms with E-state index < -0.39 is 5.79 Å². The van der Waals surface area contributed by atoms with Crippen LogP contribution in [0.3, 0.4) is 0 Å². The summed E-state index contributed by atoms with van der Waals surface area (Å²) >= 11 is 0. The Hall–Kier alpha value is -2.56. The number of aromatic hydroxyl groups is 2. The second kappa shape index (κ2) is 9.50. The van der Waals surface area contributed by atoms with Crippen molar-refractivity contribution in [2.24, 2.45) is 11.8 Å². The van der Waals surface area contributed by atoms with Crippen molar-refractivity contribution in [3.63, 3.8) is 0 Å². The maximum absolute atomic E-state index is 10.7. The van der Waals surface area contributed by atoms with Gasteiger partial charge in [0.15, 0.2) is 17.3 Å². The van der Waals surface area contributed by atoms with E-state index in [2.05, 4.69) is 26.0 Å². The number of allylic oxidation sites excluding steroid dienone is 2. The second-order valence-corrected chi connectivity index (χ2v) is 8.62. The third kappa shape index (κ3) is 5.97. The molecule has 0 fully saturated rings. The predicted molar refractivity (Wildman–Crippen MR) is 119 cm³/mol. The minimum absolute atomic E-state index is 0.0739. The summed E-state index contributed by atoms with van der Waals surface area (Å²) in [5.74, 6) is -0.590. The molecule has 0 aromatic heterocycles. The van der Waals surface area contributed by atoms with Crippen LogP contribution in [0.1, 0.15) is 43.4 Å². The van der Waals surface area contributed by atoms with Crippen LogP contribution in [-0.2, 0) is 17.8 Å². The minimum Gasteiger partial charge on any atom is -0.504 e. The van der Waals surface area contributed by atoms with Gasteiger partial charge in [-0.3, -0.25) is 0 Å². The Kier molecular flexibility index (Phi) is 7.01. The van der Waals surface area contributed by atoms with E-state index in [9.17, 15) is 15.3 Å². The van der Waals surface area contributed by atoms with Crippen molar-refractivity contribution in [1.29, 1.82) is 0 Å². The van der Waals surface area contributed by atoms with Gasteiger partial charge in [0.05, 0.1) is 6.61 Å². The molecule has 2 aromatic carbocycles. The van der Waals surface area contributed by atoms with E-state index in [0.29, 0.717) is 24.9 Å². The highest BCUT2D eigenvalue weighted by molar-refractivity contribution is 5.40. The van der Waals surface area contributed by atoms with Crippen LogP contribution in [0, 0.1) is 18.8 Å². The molecule has 4 heteroatoms. The smallest absolute Gasteiger partial charge is 0.189 e. The summed E-state index contributed by atoms with van der Waals surface area (Å²) in [5.41, 5.74) is 4.44. The number of hydrogen-bond donors (Lipinski definition) is 3. The topological polar surface area (TPSA) is 69.9 Å². The summed E-state index contributed by atoms with van der Waals surface area (Å²) < 4.78 is 5.79. The number of hydrogen-bond acceptors (Lipinski definition) is 4. The highest BCUT2D eigenvalue weighted by Crippen LogP contribution is 2.31. The first-order chi connectivity index (χ1) is 14.2. The fourth-order valence-electron chi connectivity index (χ4n) is 3.76. The first-order valence-electron chi connectivity index (χ1n) is 10.5. The monoisotopic (exact) mass is 408 g/mol. The molecule has 0 spiro atoms. The zero-order valence-electron chi connectivity index (χ0n) is 18.0. The number of ether oxygens (including phenoxy) is 1. The molecule has 3 rings (SSSR count). The van der Waals surface area contributed by atoms with Crippen molar-refractivity contribution in [3.8, 4) is 11.5 Å². The van der Waals surface area contributed by atoms with Crippen LogP contribution in [0.5, 0.6) is 11.5 Å². The zero-order valence-corrected chi connectivity index (χ0v) is 18.0. The highest BCUT2D eigenvalue weighted by atomic mass is 16.6. The SMILES string of the molecule is Cc1cccc(COC2(O)C=CC(CC(C)C(C)Cc3ccc(O)c(O)c3)=CC2)c1. The number of phenols is 2. The molecule has 3 unspecified atom stereocenters. The number of rotatable bonds is 8. The lowest BCUT2D eigenvalue weighted by atomic mass is 9.84. The van der Waals surface area contributed by atoms with E-state index >= 15 is 0 Å². The quantitative estimate of drug-likeness (QED) is 0.404. The van der Waals surface area contributed by atoms with Crippen LogP contribution in [0.15, 0.2) is 66.3 Å². The summed E-state index contributed by atoms with van der Waals surface area (Å²) in [7, 11) is 0. The molecule has 30 heavy (non-hydrogen) atoms. The molecule has 1 aliphatic rings. The standard InChI is InChI=1S/C26H32O4/c1-18-5-4-6-23(13-18)17-30-26(29)11-9-21(10-12-26)14-19(2)20(3)15-22-7-8-24(27)25(28)16-22/h4-11,13,16,19-20,27-29H,12,14-15,17H2,1-3H3. The Morgan fingerprint density at radius 2 is 1.73 bits per heavy atom. The summed E-state index contributed by atoms with van der Waals surface area (Å²) in [6.45, 7) is 6.83. The van der Waals surface area contributed by atoms with Crippen LogP contribution >= 0.6 is 0 Å².